The van der Waals surface area contributed by atoms with Crippen molar-refractivity contribution in [3.8, 4) is 0 Å². The Kier molecular flexibility index (Phi) is 2.63. The molecule has 0 saturated carbocycles. The van der Waals surface area contributed by atoms with Gasteiger partial charge in [0.2, 0.25) is 0 Å². The van der Waals surface area contributed by atoms with Crippen LogP contribution in [0.4, 0.5) is 4.39 Å². The van der Waals surface area contributed by atoms with Crippen LogP contribution in [-0.4, -0.2) is 36.3 Å². The number of carbonyl (C=O) groups excluding carboxylic acids is 3. The molecule has 0 aromatic heterocycles. The third kappa shape index (κ3) is 1.77. The summed E-state index contributed by atoms with van der Waals surface area (Å²) in [4.78, 5) is 35.3. The molecule has 0 bridgehead atoms. The Hall–Kier alpha value is -2.24. The average Bonchev–Trinajstić information content (AvgIpc) is 2.54. The predicted molar refractivity (Wildman–Crippen MR) is 53.8 cm³/mol. The van der Waals surface area contributed by atoms with Gasteiger partial charge >= 0.3 is 5.97 Å². The van der Waals surface area contributed by atoms with Crippen LogP contribution >= 0.6 is 0 Å². The van der Waals surface area contributed by atoms with Gasteiger partial charge in [-0.05, 0) is 18.2 Å². The van der Waals surface area contributed by atoms with E-state index in [0.29, 0.717) is 0 Å². The molecule has 1 aliphatic rings. The van der Waals surface area contributed by atoms with E-state index < -0.39 is 30.1 Å². The molecule has 0 N–H and O–H groups in total. The van der Waals surface area contributed by atoms with Crippen LogP contribution in [-0.2, 0) is 9.53 Å². The predicted octanol–water partition coefficient (Wildman–Crippen LogP) is 0.595. The molecule has 17 heavy (non-hydrogen) atoms. The minimum atomic E-state index is -0.708. The number of rotatable bonds is 2. The van der Waals surface area contributed by atoms with E-state index >= 15 is 0 Å². The summed E-state index contributed by atoms with van der Waals surface area (Å²) in [6.45, 7) is -0.468. The molecular formula is C11H8FNO4. The van der Waals surface area contributed by atoms with Crippen molar-refractivity contribution in [2.24, 2.45) is 0 Å². The van der Waals surface area contributed by atoms with E-state index in [1.807, 2.05) is 0 Å². The summed E-state index contributed by atoms with van der Waals surface area (Å²) in [5.74, 6) is -2.62. The lowest BCUT2D eigenvalue weighted by molar-refractivity contribution is -0.140. The fourth-order valence-corrected chi connectivity index (χ4v) is 1.60. The number of nitrogens with zero attached hydrogens (tertiary/aromatic N) is 1. The molecule has 88 valence electrons. The third-order valence-corrected chi connectivity index (χ3v) is 2.45. The summed E-state index contributed by atoms with van der Waals surface area (Å²) in [7, 11) is 1.15. The molecular weight excluding hydrogens is 229 g/mol. The highest BCUT2D eigenvalue weighted by atomic mass is 19.1. The van der Waals surface area contributed by atoms with Gasteiger partial charge in [-0.25, -0.2) is 4.39 Å². The van der Waals surface area contributed by atoms with Gasteiger partial charge < -0.3 is 4.74 Å². The molecule has 1 aromatic rings. The molecule has 0 unspecified atom stereocenters. The molecule has 0 saturated heterocycles. The van der Waals surface area contributed by atoms with Gasteiger partial charge in [-0.3, -0.25) is 19.3 Å². The summed E-state index contributed by atoms with van der Waals surface area (Å²) in [5.41, 5.74) is 0.0687. The molecule has 6 heteroatoms. The number of fused-ring (bicyclic) bond motifs is 1. The van der Waals surface area contributed by atoms with Crippen LogP contribution in [0.2, 0.25) is 0 Å². The summed E-state index contributed by atoms with van der Waals surface area (Å²) in [6, 6.07) is 3.29. The van der Waals surface area contributed by atoms with Gasteiger partial charge in [-0.2, -0.15) is 0 Å². The molecule has 0 atom stereocenters. The van der Waals surface area contributed by atoms with Gasteiger partial charge in [0.15, 0.2) is 0 Å². The van der Waals surface area contributed by atoms with Gasteiger partial charge in [0.05, 0.1) is 18.2 Å². The lowest BCUT2D eigenvalue weighted by Gasteiger charge is -2.11. The number of benzene rings is 1. The van der Waals surface area contributed by atoms with Crippen molar-refractivity contribution in [2.45, 2.75) is 0 Å². The first-order chi connectivity index (χ1) is 8.04. The van der Waals surface area contributed by atoms with Gasteiger partial charge in [0.1, 0.15) is 12.4 Å². The van der Waals surface area contributed by atoms with E-state index in [9.17, 15) is 18.8 Å². The second kappa shape index (κ2) is 3.97. The minimum Gasteiger partial charge on any atom is -0.468 e. The molecule has 1 heterocycles. The van der Waals surface area contributed by atoms with E-state index in [1.54, 1.807) is 0 Å². The van der Waals surface area contributed by atoms with Crippen LogP contribution in [0.3, 0.4) is 0 Å². The van der Waals surface area contributed by atoms with Crippen LogP contribution in [0.25, 0.3) is 0 Å². The minimum absolute atomic E-state index is 0.0288. The number of ether oxygens (including phenoxy) is 1. The molecule has 1 aliphatic heterocycles. The summed E-state index contributed by atoms with van der Waals surface area (Å²) in [6.07, 6.45) is 0. The van der Waals surface area contributed by atoms with E-state index in [4.69, 9.17) is 0 Å². The highest BCUT2D eigenvalue weighted by molar-refractivity contribution is 6.22. The first kappa shape index (κ1) is 11.3. The van der Waals surface area contributed by atoms with Gasteiger partial charge in [-0.15, -0.1) is 0 Å². The molecule has 0 radical (unpaired) electrons. The Morgan fingerprint density at radius 1 is 1.29 bits per heavy atom. The number of carbonyl (C=O) groups is 3. The van der Waals surface area contributed by atoms with Crippen LogP contribution in [0.5, 0.6) is 0 Å². The first-order valence-corrected chi connectivity index (χ1v) is 4.77. The van der Waals surface area contributed by atoms with Crippen molar-refractivity contribution in [1.82, 2.24) is 4.90 Å². The third-order valence-electron chi connectivity index (χ3n) is 2.45. The van der Waals surface area contributed by atoms with Crippen molar-refractivity contribution in [1.29, 1.82) is 0 Å². The molecule has 0 spiro atoms. The number of amides is 2. The van der Waals surface area contributed by atoms with E-state index in [1.165, 1.54) is 6.07 Å². The Bertz CT molecular complexity index is 526. The Labute approximate surface area is 95.8 Å². The fraction of sp³-hybridized carbons (Fsp3) is 0.182. The van der Waals surface area contributed by atoms with Crippen molar-refractivity contribution in [2.75, 3.05) is 13.7 Å². The van der Waals surface area contributed by atoms with Gasteiger partial charge in [-0.1, -0.05) is 0 Å². The van der Waals surface area contributed by atoms with Gasteiger partial charge in [0, 0.05) is 0 Å². The first-order valence-electron chi connectivity index (χ1n) is 4.77. The van der Waals surface area contributed by atoms with Crippen molar-refractivity contribution in [3.63, 3.8) is 0 Å². The number of hydrogen-bond donors (Lipinski definition) is 0. The maximum Gasteiger partial charge on any atom is 0.325 e. The van der Waals surface area contributed by atoms with Crippen LogP contribution in [0.15, 0.2) is 18.2 Å². The van der Waals surface area contributed by atoms with Crippen molar-refractivity contribution in [3.05, 3.63) is 35.1 Å². The number of methoxy groups -OCH3 is 1. The van der Waals surface area contributed by atoms with E-state index in [2.05, 4.69) is 4.74 Å². The van der Waals surface area contributed by atoms with Crippen LogP contribution in [0.1, 0.15) is 20.7 Å². The smallest absolute Gasteiger partial charge is 0.325 e. The van der Waals surface area contributed by atoms with Crippen molar-refractivity contribution < 1.29 is 23.5 Å². The number of esters is 1. The Morgan fingerprint density at radius 3 is 2.59 bits per heavy atom. The zero-order chi connectivity index (χ0) is 12.6. The highest BCUT2D eigenvalue weighted by Crippen LogP contribution is 2.23. The van der Waals surface area contributed by atoms with E-state index in [-0.39, 0.29) is 11.1 Å². The second-order valence-electron chi connectivity index (χ2n) is 3.46. The molecule has 2 amide bonds. The quantitative estimate of drug-likeness (QED) is 0.558. The SMILES string of the molecule is COC(=O)CN1C(=O)c2ccc(F)cc2C1=O. The summed E-state index contributed by atoms with van der Waals surface area (Å²) < 4.78 is 17.3. The normalized spacial score (nSPS) is 13.9. The Balaban J connectivity index is 2.35. The standard InChI is InChI=1S/C11H8FNO4/c1-17-9(14)5-13-10(15)7-3-2-6(12)4-8(7)11(13)16/h2-4H,5H2,1H3. The zero-order valence-electron chi connectivity index (χ0n) is 8.90. The highest BCUT2D eigenvalue weighted by Gasteiger charge is 2.37. The van der Waals surface area contributed by atoms with Crippen LogP contribution < -0.4 is 0 Å². The summed E-state index contributed by atoms with van der Waals surface area (Å²) >= 11 is 0. The summed E-state index contributed by atoms with van der Waals surface area (Å²) in [5, 5.41) is 0. The zero-order valence-corrected chi connectivity index (χ0v) is 8.90. The van der Waals surface area contributed by atoms with Crippen LogP contribution in [0, 0.1) is 5.82 Å². The second-order valence-corrected chi connectivity index (χ2v) is 3.46. The molecule has 1 aromatic carbocycles. The largest absolute Gasteiger partial charge is 0.468 e. The molecule has 2 rings (SSSR count). The molecule has 5 nitrogen and oxygen atoms in total. The molecule has 0 fully saturated rings. The number of imide groups is 1. The van der Waals surface area contributed by atoms with Crippen molar-refractivity contribution >= 4 is 17.8 Å². The number of halogens is 1. The van der Waals surface area contributed by atoms with Gasteiger partial charge in [0.25, 0.3) is 11.8 Å². The lowest BCUT2D eigenvalue weighted by atomic mass is 10.1. The topological polar surface area (TPSA) is 63.7 Å². The maximum absolute atomic E-state index is 12.9. The average molecular weight is 237 g/mol. The fourth-order valence-electron chi connectivity index (χ4n) is 1.60. The Morgan fingerprint density at radius 2 is 1.94 bits per heavy atom. The lowest BCUT2D eigenvalue weighted by Crippen LogP contribution is -2.35. The number of hydrogen-bond acceptors (Lipinski definition) is 4. The van der Waals surface area contributed by atoms with E-state index in [0.717, 1.165) is 24.1 Å². The maximum atomic E-state index is 12.9. The molecule has 0 aliphatic carbocycles. The monoisotopic (exact) mass is 237 g/mol.